The lowest BCUT2D eigenvalue weighted by molar-refractivity contribution is 0.479. The highest BCUT2D eigenvalue weighted by Crippen LogP contribution is 2.41. The van der Waals surface area contributed by atoms with Crippen molar-refractivity contribution in [1.82, 2.24) is 0 Å². The fraction of sp³-hybridized carbons (Fsp3) is 0.500. The third-order valence-corrected chi connectivity index (χ3v) is 3.29. The van der Waals surface area contributed by atoms with Gasteiger partial charge in [0.05, 0.1) is 11.4 Å². The van der Waals surface area contributed by atoms with Crippen molar-refractivity contribution < 1.29 is 4.39 Å². The Hall–Kier alpha value is -1.29. The van der Waals surface area contributed by atoms with Gasteiger partial charge < -0.3 is 16.0 Å². The third kappa shape index (κ3) is 1.63. The van der Waals surface area contributed by atoms with Crippen molar-refractivity contribution in [3.8, 4) is 0 Å². The van der Waals surface area contributed by atoms with Crippen LogP contribution in [0, 0.1) is 5.82 Å². The van der Waals surface area contributed by atoms with Gasteiger partial charge in [-0.25, -0.2) is 4.39 Å². The van der Waals surface area contributed by atoms with Crippen molar-refractivity contribution >= 4 is 11.4 Å². The first-order valence-electron chi connectivity index (χ1n) is 5.66. The summed E-state index contributed by atoms with van der Waals surface area (Å²) in [5, 5.41) is 3.43. The molecule has 0 aromatic heterocycles. The van der Waals surface area contributed by atoms with Gasteiger partial charge >= 0.3 is 0 Å². The summed E-state index contributed by atoms with van der Waals surface area (Å²) in [5.41, 5.74) is 7.36. The van der Waals surface area contributed by atoms with Gasteiger partial charge in [-0.1, -0.05) is 6.92 Å². The van der Waals surface area contributed by atoms with E-state index in [2.05, 4.69) is 24.1 Å². The van der Waals surface area contributed by atoms with E-state index in [9.17, 15) is 4.39 Å². The fourth-order valence-electron chi connectivity index (χ4n) is 2.23. The van der Waals surface area contributed by atoms with Crippen molar-refractivity contribution in [2.75, 3.05) is 23.3 Å². The third-order valence-electron chi connectivity index (χ3n) is 3.29. The summed E-state index contributed by atoms with van der Waals surface area (Å²) in [6, 6.07) is 4.84. The van der Waals surface area contributed by atoms with Gasteiger partial charge in [0.1, 0.15) is 11.5 Å². The van der Waals surface area contributed by atoms with Crippen LogP contribution in [0.4, 0.5) is 15.8 Å². The minimum absolute atomic E-state index is 0.157. The number of nitrogens with two attached hydrogens (primary N) is 1. The highest BCUT2D eigenvalue weighted by atomic mass is 19.1. The van der Waals surface area contributed by atoms with E-state index in [1.165, 1.54) is 6.07 Å². The van der Waals surface area contributed by atoms with E-state index < -0.39 is 0 Å². The Morgan fingerprint density at radius 2 is 2.25 bits per heavy atom. The van der Waals surface area contributed by atoms with E-state index in [0.29, 0.717) is 6.54 Å². The number of anilines is 2. The van der Waals surface area contributed by atoms with Crippen LogP contribution < -0.4 is 16.0 Å². The SMILES string of the molecule is CCC1(C)Nc2ccc(F)cc2N1CCN. The van der Waals surface area contributed by atoms with Gasteiger partial charge in [-0.05, 0) is 31.5 Å². The molecule has 0 saturated carbocycles. The highest BCUT2D eigenvalue weighted by molar-refractivity contribution is 5.77. The van der Waals surface area contributed by atoms with Crippen LogP contribution in [0.5, 0.6) is 0 Å². The molecule has 1 unspecified atom stereocenters. The molecule has 4 heteroatoms. The first kappa shape index (κ1) is 11.2. The summed E-state index contributed by atoms with van der Waals surface area (Å²) in [6.45, 7) is 5.51. The molecule has 3 nitrogen and oxygen atoms in total. The molecule has 0 spiro atoms. The minimum atomic E-state index is -0.206. The van der Waals surface area contributed by atoms with Crippen molar-refractivity contribution in [2.45, 2.75) is 25.9 Å². The zero-order valence-electron chi connectivity index (χ0n) is 9.76. The Kier molecular flexibility index (Phi) is 2.76. The summed E-state index contributed by atoms with van der Waals surface area (Å²) >= 11 is 0. The molecule has 0 bridgehead atoms. The monoisotopic (exact) mass is 223 g/mol. The van der Waals surface area contributed by atoms with E-state index >= 15 is 0 Å². The molecule has 0 radical (unpaired) electrons. The number of benzene rings is 1. The maximum absolute atomic E-state index is 13.2. The largest absolute Gasteiger partial charge is 0.361 e. The summed E-state index contributed by atoms with van der Waals surface area (Å²) < 4.78 is 13.2. The lowest BCUT2D eigenvalue weighted by atomic mass is 10.1. The van der Waals surface area contributed by atoms with Gasteiger partial charge in [-0.15, -0.1) is 0 Å². The van der Waals surface area contributed by atoms with Gasteiger partial charge in [-0.2, -0.15) is 0 Å². The van der Waals surface area contributed by atoms with Crippen molar-refractivity contribution in [3.05, 3.63) is 24.0 Å². The Balaban J connectivity index is 2.42. The molecule has 1 aromatic carbocycles. The molecule has 88 valence electrons. The predicted molar refractivity (Wildman–Crippen MR) is 65.1 cm³/mol. The Morgan fingerprint density at radius 3 is 2.88 bits per heavy atom. The topological polar surface area (TPSA) is 41.3 Å². The molecule has 3 N–H and O–H groups in total. The maximum Gasteiger partial charge on any atom is 0.125 e. The standard InChI is InChI=1S/C12H18FN3/c1-3-12(2)15-10-5-4-9(13)8-11(10)16(12)7-6-14/h4-5,8,15H,3,6-7,14H2,1-2H3. The second-order valence-corrected chi connectivity index (χ2v) is 4.35. The normalized spacial score (nSPS) is 23.1. The Bertz CT molecular complexity index is 394. The summed E-state index contributed by atoms with van der Waals surface area (Å²) in [7, 11) is 0. The number of fused-ring (bicyclic) bond motifs is 1. The van der Waals surface area contributed by atoms with Gasteiger partial charge in [0.25, 0.3) is 0 Å². The lowest BCUT2D eigenvalue weighted by Gasteiger charge is -2.36. The molecule has 0 saturated heterocycles. The number of halogens is 1. The first-order chi connectivity index (χ1) is 7.60. The number of nitrogens with one attached hydrogen (secondary N) is 1. The van der Waals surface area contributed by atoms with Gasteiger partial charge in [-0.3, -0.25) is 0 Å². The van der Waals surface area contributed by atoms with Crippen LogP contribution in [0.3, 0.4) is 0 Å². The highest BCUT2D eigenvalue weighted by Gasteiger charge is 2.37. The molecular weight excluding hydrogens is 205 g/mol. The molecule has 0 fully saturated rings. The van der Waals surface area contributed by atoms with Gasteiger partial charge in [0.15, 0.2) is 0 Å². The van der Waals surface area contributed by atoms with Crippen molar-refractivity contribution in [1.29, 1.82) is 0 Å². The predicted octanol–water partition coefficient (Wildman–Crippen LogP) is 2.14. The second-order valence-electron chi connectivity index (χ2n) is 4.35. The Labute approximate surface area is 95.4 Å². The van der Waals surface area contributed by atoms with E-state index in [4.69, 9.17) is 5.73 Å². The van der Waals surface area contributed by atoms with E-state index in [1.807, 2.05) is 0 Å². The first-order valence-corrected chi connectivity index (χ1v) is 5.66. The molecule has 1 aliphatic heterocycles. The lowest BCUT2D eigenvalue weighted by Crippen LogP contribution is -2.49. The van der Waals surface area contributed by atoms with Gasteiger partial charge in [0.2, 0.25) is 0 Å². The fourth-order valence-corrected chi connectivity index (χ4v) is 2.23. The number of hydrogen-bond donors (Lipinski definition) is 2. The Morgan fingerprint density at radius 1 is 1.50 bits per heavy atom. The average Bonchev–Trinajstić information content (AvgIpc) is 2.54. The summed E-state index contributed by atoms with van der Waals surface area (Å²) in [6.07, 6.45) is 0.934. The van der Waals surface area contributed by atoms with E-state index in [-0.39, 0.29) is 11.5 Å². The van der Waals surface area contributed by atoms with Crippen LogP contribution in [-0.2, 0) is 0 Å². The minimum Gasteiger partial charge on any atom is -0.361 e. The smallest absolute Gasteiger partial charge is 0.125 e. The molecule has 1 heterocycles. The molecule has 1 aromatic rings. The number of rotatable bonds is 3. The number of hydrogen-bond acceptors (Lipinski definition) is 3. The van der Waals surface area contributed by atoms with Crippen LogP contribution in [0.15, 0.2) is 18.2 Å². The molecule has 0 aliphatic carbocycles. The molecule has 1 aliphatic rings. The molecular formula is C12H18FN3. The zero-order valence-corrected chi connectivity index (χ0v) is 9.76. The van der Waals surface area contributed by atoms with E-state index in [0.717, 1.165) is 24.3 Å². The summed E-state index contributed by atoms with van der Waals surface area (Å²) in [4.78, 5) is 2.14. The van der Waals surface area contributed by atoms with Crippen LogP contribution in [0.2, 0.25) is 0 Å². The second kappa shape index (κ2) is 3.94. The number of nitrogens with zero attached hydrogens (tertiary/aromatic N) is 1. The molecule has 0 amide bonds. The quantitative estimate of drug-likeness (QED) is 0.825. The average molecular weight is 223 g/mol. The van der Waals surface area contributed by atoms with Crippen LogP contribution in [-0.4, -0.2) is 18.8 Å². The van der Waals surface area contributed by atoms with Crippen molar-refractivity contribution in [3.63, 3.8) is 0 Å². The molecule has 16 heavy (non-hydrogen) atoms. The van der Waals surface area contributed by atoms with E-state index in [1.54, 1.807) is 12.1 Å². The molecule has 1 atom stereocenters. The molecule has 2 rings (SSSR count). The van der Waals surface area contributed by atoms with Crippen LogP contribution in [0.25, 0.3) is 0 Å². The van der Waals surface area contributed by atoms with Crippen molar-refractivity contribution in [2.24, 2.45) is 5.73 Å². The van der Waals surface area contributed by atoms with Crippen LogP contribution in [0.1, 0.15) is 20.3 Å². The maximum atomic E-state index is 13.2. The summed E-state index contributed by atoms with van der Waals surface area (Å²) in [5.74, 6) is -0.206. The zero-order chi connectivity index (χ0) is 11.8. The van der Waals surface area contributed by atoms with Crippen LogP contribution >= 0.6 is 0 Å². The van der Waals surface area contributed by atoms with Gasteiger partial charge in [0, 0.05) is 13.1 Å².